The van der Waals surface area contributed by atoms with E-state index in [1.165, 1.54) is 18.2 Å². The standard InChI is InChI=1S/C20H17Cl2NO5/c1-2-28-18(25)11-23-16-6-4-3-5-14(16)20(27,19(23)26)10-17(24)13-8-7-12(21)9-15(13)22/h3-9,27H,2,10-11H2,1H3. The lowest BCUT2D eigenvalue weighted by molar-refractivity contribution is -0.144. The Bertz CT molecular complexity index is 961. The molecule has 1 heterocycles. The first-order valence-electron chi connectivity index (χ1n) is 8.55. The number of carbonyl (C=O) groups excluding carboxylic acids is 3. The average Bonchev–Trinajstić information content (AvgIpc) is 2.84. The number of halogens is 2. The van der Waals surface area contributed by atoms with E-state index in [9.17, 15) is 19.5 Å². The summed E-state index contributed by atoms with van der Waals surface area (Å²) in [6.07, 6.45) is -0.524. The van der Waals surface area contributed by atoms with Crippen LogP contribution in [-0.4, -0.2) is 35.9 Å². The Morgan fingerprint density at radius 1 is 1.18 bits per heavy atom. The Kier molecular flexibility index (Phi) is 5.74. The van der Waals surface area contributed by atoms with Crippen LogP contribution in [0.25, 0.3) is 0 Å². The molecule has 28 heavy (non-hydrogen) atoms. The van der Waals surface area contributed by atoms with Gasteiger partial charge in [0, 0.05) is 16.1 Å². The van der Waals surface area contributed by atoms with Gasteiger partial charge in [0.05, 0.1) is 23.7 Å². The summed E-state index contributed by atoms with van der Waals surface area (Å²) in [5.74, 6) is -1.90. The van der Waals surface area contributed by atoms with Crippen molar-refractivity contribution in [3.05, 3.63) is 63.6 Å². The molecule has 0 fully saturated rings. The third kappa shape index (κ3) is 3.63. The summed E-state index contributed by atoms with van der Waals surface area (Å²) in [7, 11) is 0. The molecule has 3 rings (SSSR count). The number of aliphatic hydroxyl groups is 1. The molecule has 0 saturated carbocycles. The van der Waals surface area contributed by atoms with Gasteiger partial charge in [-0.2, -0.15) is 0 Å². The number of amides is 1. The summed E-state index contributed by atoms with van der Waals surface area (Å²) >= 11 is 11.9. The highest BCUT2D eigenvalue weighted by Gasteiger charge is 2.51. The molecular weight excluding hydrogens is 405 g/mol. The van der Waals surface area contributed by atoms with Crippen LogP contribution in [-0.2, 0) is 19.9 Å². The van der Waals surface area contributed by atoms with Gasteiger partial charge in [0.15, 0.2) is 11.4 Å². The number of nitrogens with zero attached hydrogens (tertiary/aromatic N) is 1. The fraction of sp³-hybridized carbons (Fsp3) is 0.250. The Hall–Kier alpha value is -2.41. The van der Waals surface area contributed by atoms with Gasteiger partial charge in [0.1, 0.15) is 6.54 Å². The number of hydrogen-bond acceptors (Lipinski definition) is 5. The van der Waals surface area contributed by atoms with Crippen LogP contribution in [0.4, 0.5) is 5.69 Å². The molecule has 6 nitrogen and oxygen atoms in total. The van der Waals surface area contributed by atoms with Crippen molar-refractivity contribution in [2.24, 2.45) is 0 Å². The number of hydrogen-bond donors (Lipinski definition) is 1. The number of fused-ring (bicyclic) bond motifs is 1. The predicted octanol–water partition coefficient (Wildman–Crippen LogP) is 3.36. The van der Waals surface area contributed by atoms with E-state index >= 15 is 0 Å². The van der Waals surface area contributed by atoms with Crippen molar-refractivity contribution in [1.29, 1.82) is 0 Å². The van der Waals surface area contributed by atoms with Gasteiger partial charge in [-0.1, -0.05) is 41.4 Å². The molecular formula is C20H17Cl2NO5. The summed E-state index contributed by atoms with van der Waals surface area (Å²) in [5, 5.41) is 11.7. The first-order chi connectivity index (χ1) is 13.3. The second-order valence-corrected chi connectivity index (χ2v) is 7.14. The van der Waals surface area contributed by atoms with Crippen LogP contribution in [0.5, 0.6) is 0 Å². The highest BCUT2D eigenvalue weighted by atomic mass is 35.5. The maximum Gasteiger partial charge on any atom is 0.326 e. The largest absolute Gasteiger partial charge is 0.465 e. The summed E-state index contributed by atoms with van der Waals surface area (Å²) < 4.78 is 4.90. The minimum atomic E-state index is -2.11. The van der Waals surface area contributed by atoms with Crippen LogP contribution in [0.1, 0.15) is 29.3 Å². The van der Waals surface area contributed by atoms with Crippen LogP contribution in [0, 0.1) is 0 Å². The molecule has 0 aliphatic carbocycles. The number of ketones is 1. The second kappa shape index (κ2) is 7.91. The maximum atomic E-state index is 13.0. The lowest BCUT2D eigenvalue weighted by Gasteiger charge is -2.22. The highest BCUT2D eigenvalue weighted by molar-refractivity contribution is 6.37. The number of para-hydroxylation sites is 1. The van der Waals surface area contributed by atoms with Gasteiger partial charge >= 0.3 is 5.97 Å². The molecule has 2 aromatic rings. The lowest BCUT2D eigenvalue weighted by atomic mass is 9.88. The van der Waals surface area contributed by atoms with Crippen LogP contribution >= 0.6 is 23.2 Å². The first-order valence-corrected chi connectivity index (χ1v) is 9.31. The summed E-state index contributed by atoms with van der Waals surface area (Å²) in [4.78, 5) is 38.8. The number of anilines is 1. The number of benzene rings is 2. The molecule has 1 N–H and O–H groups in total. The van der Waals surface area contributed by atoms with Crippen LogP contribution < -0.4 is 4.90 Å². The third-order valence-corrected chi connectivity index (χ3v) is 5.03. The smallest absolute Gasteiger partial charge is 0.326 e. The average molecular weight is 422 g/mol. The normalized spacial score (nSPS) is 18.1. The first kappa shape index (κ1) is 20.3. The third-order valence-electron chi connectivity index (χ3n) is 4.48. The molecule has 0 spiro atoms. The van der Waals surface area contributed by atoms with Crippen molar-refractivity contribution < 1.29 is 24.2 Å². The number of carbonyl (C=O) groups is 3. The number of ether oxygens (including phenoxy) is 1. The van der Waals surface area contributed by atoms with Crippen LogP contribution in [0.15, 0.2) is 42.5 Å². The van der Waals surface area contributed by atoms with Gasteiger partial charge < -0.3 is 9.84 Å². The zero-order valence-corrected chi connectivity index (χ0v) is 16.5. The minimum Gasteiger partial charge on any atom is -0.465 e. The molecule has 1 aliphatic heterocycles. The quantitative estimate of drug-likeness (QED) is 0.570. The zero-order chi connectivity index (χ0) is 20.5. The second-order valence-electron chi connectivity index (χ2n) is 6.30. The van der Waals surface area contributed by atoms with Gasteiger partial charge in [-0.15, -0.1) is 0 Å². The SMILES string of the molecule is CCOC(=O)CN1C(=O)C(O)(CC(=O)c2ccc(Cl)cc2Cl)c2ccccc21. The van der Waals surface area contributed by atoms with E-state index in [1.54, 1.807) is 31.2 Å². The summed E-state index contributed by atoms with van der Waals surface area (Å²) in [6, 6.07) is 10.8. The number of Topliss-reactive ketones (excluding diaryl/α,β-unsaturated/α-hetero) is 1. The van der Waals surface area contributed by atoms with E-state index in [1.807, 2.05) is 0 Å². The van der Waals surface area contributed by atoms with E-state index in [0.717, 1.165) is 4.90 Å². The zero-order valence-electron chi connectivity index (χ0n) is 14.9. The number of esters is 1. The van der Waals surface area contributed by atoms with Gasteiger partial charge in [-0.25, -0.2) is 0 Å². The van der Waals surface area contributed by atoms with Crippen molar-refractivity contribution in [2.75, 3.05) is 18.1 Å². The van der Waals surface area contributed by atoms with E-state index in [2.05, 4.69) is 0 Å². The van der Waals surface area contributed by atoms with Crippen molar-refractivity contribution in [1.82, 2.24) is 0 Å². The molecule has 1 unspecified atom stereocenters. The van der Waals surface area contributed by atoms with E-state index in [-0.39, 0.29) is 29.3 Å². The molecule has 8 heteroatoms. The van der Waals surface area contributed by atoms with Crippen molar-refractivity contribution >= 4 is 46.5 Å². The van der Waals surface area contributed by atoms with Crippen molar-refractivity contribution in [3.8, 4) is 0 Å². The Morgan fingerprint density at radius 3 is 2.57 bits per heavy atom. The fourth-order valence-corrected chi connectivity index (χ4v) is 3.73. The summed E-state index contributed by atoms with van der Waals surface area (Å²) in [5.41, 5.74) is -1.35. The van der Waals surface area contributed by atoms with Crippen LogP contribution in [0.3, 0.4) is 0 Å². The predicted molar refractivity (Wildman–Crippen MR) is 105 cm³/mol. The molecule has 2 aromatic carbocycles. The van der Waals surface area contributed by atoms with Crippen molar-refractivity contribution in [2.45, 2.75) is 18.9 Å². The monoisotopic (exact) mass is 421 g/mol. The van der Waals surface area contributed by atoms with Gasteiger partial charge in [-0.05, 0) is 31.2 Å². The summed E-state index contributed by atoms with van der Waals surface area (Å²) in [6.45, 7) is 1.46. The van der Waals surface area contributed by atoms with Crippen molar-refractivity contribution in [3.63, 3.8) is 0 Å². The Labute approximate surface area is 171 Å². The molecule has 1 atom stereocenters. The van der Waals surface area contributed by atoms with E-state index < -0.39 is 29.7 Å². The topological polar surface area (TPSA) is 83.9 Å². The highest BCUT2D eigenvalue weighted by Crippen LogP contribution is 2.43. The molecule has 0 aromatic heterocycles. The van der Waals surface area contributed by atoms with Gasteiger partial charge in [-0.3, -0.25) is 19.3 Å². The Balaban J connectivity index is 1.94. The maximum absolute atomic E-state index is 13.0. The number of rotatable bonds is 6. The molecule has 0 bridgehead atoms. The van der Waals surface area contributed by atoms with E-state index in [0.29, 0.717) is 10.7 Å². The fourth-order valence-electron chi connectivity index (χ4n) is 3.21. The van der Waals surface area contributed by atoms with Gasteiger partial charge in [0.25, 0.3) is 5.91 Å². The molecule has 0 saturated heterocycles. The van der Waals surface area contributed by atoms with Crippen LogP contribution in [0.2, 0.25) is 10.0 Å². The minimum absolute atomic E-state index is 0.128. The van der Waals surface area contributed by atoms with Gasteiger partial charge in [0.2, 0.25) is 0 Å². The molecule has 146 valence electrons. The molecule has 1 amide bonds. The lowest BCUT2D eigenvalue weighted by Crippen LogP contribution is -2.44. The molecule has 1 aliphatic rings. The van der Waals surface area contributed by atoms with E-state index in [4.69, 9.17) is 27.9 Å². The Morgan fingerprint density at radius 2 is 1.89 bits per heavy atom. The molecule has 0 radical (unpaired) electrons.